The van der Waals surface area contributed by atoms with Crippen molar-refractivity contribution in [1.29, 1.82) is 0 Å². The summed E-state index contributed by atoms with van der Waals surface area (Å²) < 4.78 is 175. The van der Waals surface area contributed by atoms with E-state index < -0.39 is 53.8 Å². The second-order valence-electron chi connectivity index (χ2n) is 4.16. The summed E-state index contributed by atoms with van der Waals surface area (Å²) >= 11 is 0. The predicted octanol–water partition coefficient (Wildman–Crippen LogP) is 5.76. The van der Waals surface area contributed by atoms with Gasteiger partial charge in [-0.3, -0.25) is 0 Å². The van der Waals surface area contributed by atoms with E-state index in [1.54, 1.807) is 0 Å². The highest BCUT2D eigenvalue weighted by Gasteiger charge is 2.76. The summed E-state index contributed by atoms with van der Waals surface area (Å²) in [4.78, 5) is 0. The molecule has 0 fully saturated rings. The van der Waals surface area contributed by atoms with Crippen molar-refractivity contribution >= 4 is 0 Å². The fraction of sp³-hybridized carbons (Fsp3) is 0.600. The van der Waals surface area contributed by atoms with Gasteiger partial charge in [0.05, 0.1) is 0 Å². The molecule has 0 aromatic carbocycles. The van der Waals surface area contributed by atoms with Crippen LogP contribution in [-0.4, -0.2) is 35.8 Å². The van der Waals surface area contributed by atoms with Crippen LogP contribution in [0.3, 0.4) is 0 Å². The summed E-state index contributed by atoms with van der Waals surface area (Å²) in [5.74, 6) is -37.8. The van der Waals surface area contributed by atoms with Gasteiger partial charge in [0, 0.05) is 6.08 Å². The molecule has 0 saturated carbocycles. The summed E-state index contributed by atoms with van der Waals surface area (Å²) in [7, 11) is 0. The van der Waals surface area contributed by atoms with Crippen LogP contribution >= 0.6 is 0 Å². The maximum Gasteiger partial charge on any atom is 0.460 e. The molecule has 0 heterocycles. The molecule has 0 atom stereocenters. The SMILES string of the molecule is C=CC(F)(F)C(F)(F)C(F)(F)C=C(F)C(F)(F)C(F)(F)C(F)(F)F. The van der Waals surface area contributed by atoms with Gasteiger partial charge in [-0.15, -0.1) is 0 Å². The van der Waals surface area contributed by atoms with Gasteiger partial charge < -0.3 is 0 Å². The molecule has 0 aliphatic heterocycles. The van der Waals surface area contributed by atoms with E-state index >= 15 is 0 Å². The summed E-state index contributed by atoms with van der Waals surface area (Å²) in [6.07, 6.45) is -10.7. The second-order valence-corrected chi connectivity index (χ2v) is 4.16. The highest BCUT2D eigenvalue weighted by Crippen LogP contribution is 2.52. The van der Waals surface area contributed by atoms with E-state index in [-0.39, 0.29) is 0 Å². The average molecular weight is 390 g/mol. The molecule has 14 heteroatoms. The lowest BCUT2D eigenvalue weighted by molar-refractivity contribution is -0.348. The molecule has 0 spiro atoms. The molecule has 0 aliphatic rings. The lowest BCUT2D eigenvalue weighted by atomic mass is 10.0. The second kappa shape index (κ2) is 5.79. The van der Waals surface area contributed by atoms with Crippen molar-refractivity contribution < 1.29 is 61.5 Å². The van der Waals surface area contributed by atoms with E-state index in [1.165, 1.54) is 0 Å². The zero-order valence-corrected chi connectivity index (χ0v) is 10.7. The lowest BCUT2D eigenvalue weighted by Gasteiger charge is -2.31. The predicted molar refractivity (Wildman–Crippen MR) is 50.2 cm³/mol. The quantitative estimate of drug-likeness (QED) is 0.399. The number of hydrogen-bond acceptors (Lipinski definition) is 0. The Hall–Kier alpha value is -1.50. The summed E-state index contributed by atoms with van der Waals surface area (Å²) in [5, 5.41) is 0. The fourth-order valence-corrected chi connectivity index (χ4v) is 1.02. The molecule has 0 N–H and O–H groups in total. The minimum Gasteiger partial charge on any atom is -0.205 e. The molecule has 24 heavy (non-hydrogen) atoms. The van der Waals surface area contributed by atoms with Crippen LogP contribution in [0.2, 0.25) is 0 Å². The van der Waals surface area contributed by atoms with Crippen molar-refractivity contribution in [1.82, 2.24) is 0 Å². The molecular formula is C10H4F14. The lowest BCUT2D eigenvalue weighted by Crippen LogP contribution is -2.54. The van der Waals surface area contributed by atoms with E-state index in [0.717, 1.165) is 0 Å². The van der Waals surface area contributed by atoms with Crippen molar-refractivity contribution in [3.05, 3.63) is 24.6 Å². The van der Waals surface area contributed by atoms with E-state index in [2.05, 4.69) is 0 Å². The van der Waals surface area contributed by atoms with Gasteiger partial charge in [0.2, 0.25) is 0 Å². The van der Waals surface area contributed by atoms with Crippen molar-refractivity contribution in [3.63, 3.8) is 0 Å². The molecule has 0 radical (unpaired) electrons. The third-order valence-electron chi connectivity index (χ3n) is 2.45. The molecule has 0 bridgehead atoms. The molecule has 0 aliphatic carbocycles. The first-order chi connectivity index (χ1) is 10.2. The Balaban J connectivity index is 6.13. The van der Waals surface area contributed by atoms with Gasteiger partial charge in [-0.2, -0.15) is 57.1 Å². The van der Waals surface area contributed by atoms with Gasteiger partial charge in [-0.1, -0.05) is 6.58 Å². The van der Waals surface area contributed by atoms with Crippen LogP contribution in [0, 0.1) is 0 Å². The van der Waals surface area contributed by atoms with Crippen LogP contribution in [0.1, 0.15) is 0 Å². The van der Waals surface area contributed by atoms with E-state index in [0.29, 0.717) is 0 Å². The Kier molecular flexibility index (Phi) is 5.43. The number of halogens is 14. The zero-order chi connectivity index (χ0) is 20.0. The minimum absolute atomic E-state index is 1.09. The first-order valence-electron chi connectivity index (χ1n) is 5.17. The summed E-state index contributed by atoms with van der Waals surface area (Å²) in [6.45, 7) is 2.02. The minimum atomic E-state index is -7.28. The number of allylic oxidation sites excluding steroid dienone is 3. The van der Waals surface area contributed by atoms with Crippen molar-refractivity contribution in [2.75, 3.05) is 0 Å². The van der Waals surface area contributed by atoms with E-state index in [1.807, 2.05) is 6.58 Å². The molecular weight excluding hydrogens is 386 g/mol. The van der Waals surface area contributed by atoms with Gasteiger partial charge in [-0.25, -0.2) is 4.39 Å². The van der Waals surface area contributed by atoms with Crippen LogP contribution in [0.5, 0.6) is 0 Å². The normalized spacial score (nSPS) is 16.3. The van der Waals surface area contributed by atoms with Crippen LogP contribution in [0.25, 0.3) is 0 Å². The fourth-order valence-electron chi connectivity index (χ4n) is 1.02. The Bertz CT molecular complexity index is 508. The van der Waals surface area contributed by atoms with E-state index in [9.17, 15) is 61.5 Å². The monoisotopic (exact) mass is 390 g/mol. The first-order valence-corrected chi connectivity index (χ1v) is 5.17. The number of alkyl halides is 13. The van der Waals surface area contributed by atoms with Crippen LogP contribution in [0.4, 0.5) is 61.5 Å². The van der Waals surface area contributed by atoms with Crippen molar-refractivity contribution in [2.24, 2.45) is 0 Å². The van der Waals surface area contributed by atoms with Crippen LogP contribution in [-0.2, 0) is 0 Å². The molecule has 0 unspecified atom stereocenters. The Morgan fingerprint density at radius 3 is 1.29 bits per heavy atom. The smallest absolute Gasteiger partial charge is 0.205 e. The van der Waals surface area contributed by atoms with Crippen molar-refractivity contribution in [2.45, 2.75) is 35.8 Å². The molecule has 142 valence electrons. The Labute approximate surface area is 123 Å². The topological polar surface area (TPSA) is 0 Å². The highest BCUT2D eigenvalue weighted by molar-refractivity contribution is 5.20. The van der Waals surface area contributed by atoms with Crippen LogP contribution < -0.4 is 0 Å². The number of rotatable bonds is 6. The molecule has 0 nitrogen and oxygen atoms in total. The molecule has 0 rings (SSSR count). The maximum absolute atomic E-state index is 12.9. The highest BCUT2D eigenvalue weighted by atomic mass is 19.4. The largest absolute Gasteiger partial charge is 0.460 e. The average Bonchev–Trinajstić information content (AvgIpc) is 2.35. The van der Waals surface area contributed by atoms with Crippen LogP contribution in [0.15, 0.2) is 24.6 Å². The number of hydrogen-bond donors (Lipinski definition) is 0. The van der Waals surface area contributed by atoms with Gasteiger partial charge >= 0.3 is 35.8 Å². The molecule has 0 aromatic heterocycles. The van der Waals surface area contributed by atoms with Gasteiger partial charge in [0.1, 0.15) is 0 Å². The molecule has 0 amide bonds. The van der Waals surface area contributed by atoms with Crippen molar-refractivity contribution in [3.8, 4) is 0 Å². The third-order valence-corrected chi connectivity index (χ3v) is 2.45. The Morgan fingerprint density at radius 1 is 0.625 bits per heavy atom. The summed E-state index contributed by atoms with van der Waals surface area (Å²) in [6, 6.07) is 0. The first kappa shape index (κ1) is 22.5. The summed E-state index contributed by atoms with van der Waals surface area (Å²) in [5.41, 5.74) is 0. The molecule has 0 aromatic rings. The third kappa shape index (κ3) is 3.31. The standard InChI is InChI=1S/C10H4F14/c1-2-5(12,13)8(18,19)6(14,15)3-4(11)7(16,17)9(20,21)10(22,23)24/h2-3H,1H2. The molecule has 0 saturated heterocycles. The zero-order valence-electron chi connectivity index (χ0n) is 10.7. The van der Waals surface area contributed by atoms with E-state index in [4.69, 9.17) is 0 Å². The Morgan fingerprint density at radius 2 is 1.00 bits per heavy atom. The maximum atomic E-state index is 12.9. The van der Waals surface area contributed by atoms with Gasteiger partial charge in [0.25, 0.3) is 0 Å². The van der Waals surface area contributed by atoms with Gasteiger partial charge in [0.15, 0.2) is 5.83 Å². The van der Waals surface area contributed by atoms with Gasteiger partial charge in [-0.05, 0) is 6.08 Å².